The van der Waals surface area contributed by atoms with Gasteiger partial charge in [0, 0.05) is 6.54 Å². The van der Waals surface area contributed by atoms with E-state index in [-0.39, 0.29) is 0 Å². The highest BCUT2D eigenvalue weighted by atomic mass is 16.5. The summed E-state index contributed by atoms with van der Waals surface area (Å²) in [7, 11) is 0. The summed E-state index contributed by atoms with van der Waals surface area (Å²) in [6, 6.07) is 24.9. The Morgan fingerprint density at radius 3 is 2.58 bits per heavy atom. The summed E-state index contributed by atoms with van der Waals surface area (Å²) in [5, 5.41) is 8.55. The van der Waals surface area contributed by atoms with E-state index in [4.69, 9.17) is 4.52 Å². The van der Waals surface area contributed by atoms with Crippen LogP contribution in [-0.2, 0) is 6.54 Å². The first kappa shape index (κ1) is 14.5. The fourth-order valence-corrected chi connectivity index (χ4v) is 2.88. The molecule has 0 radical (unpaired) electrons. The van der Waals surface area contributed by atoms with Gasteiger partial charge in [-0.25, -0.2) is 0 Å². The van der Waals surface area contributed by atoms with Gasteiger partial charge in [0.25, 0.3) is 0 Å². The standard InChI is InChI=1S/C21H18N2O/c1-15-6-5-7-16(12-15)14-22-21-19-11-10-18(13-20(19)24-23-21)17-8-3-2-4-9-17/h2-13H,14H2,1H3,(H,22,23). The highest BCUT2D eigenvalue weighted by molar-refractivity contribution is 5.91. The van der Waals surface area contributed by atoms with Gasteiger partial charge < -0.3 is 9.84 Å². The summed E-state index contributed by atoms with van der Waals surface area (Å²) in [5.41, 5.74) is 5.58. The number of anilines is 1. The third-order valence-corrected chi connectivity index (χ3v) is 4.12. The van der Waals surface area contributed by atoms with Gasteiger partial charge in [-0.05, 0) is 35.7 Å². The number of hydrogen-bond donors (Lipinski definition) is 1. The van der Waals surface area contributed by atoms with Crippen molar-refractivity contribution in [2.45, 2.75) is 13.5 Å². The Morgan fingerprint density at radius 1 is 0.875 bits per heavy atom. The summed E-state index contributed by atoms with van der Waals surface area (Å²) in [6.07, 6.45) is 0. The van der Waals surface area contributed by atoms with Crippen LogP contribution in [0, 0.1) is 6.92 Å². The van der Waals surface area contributed by atoms with Gasteiger partial charge in [-0.1, -0.05) is 71.4 Å². The van der Waals surface area contributed by atoms with E-state index in [9.17, 15) is 0 Å². The van der Waals surface area contributed by atoms with E-state index in [1.807, 2.05) is 24.3 Å². The third-order valence-electron chi connectivity index (χ3n) is 4.12. The van der Waals surface area contributed by atoms with Crippen LogP contribution in [0.2, 0.25) is 0 Å². The van der Waals surface area contributed by atoms with E-state index in [1.54, 1.807) is 0 Å². The fraction of sp³-hybridized carbons (Fsp3) is 0.0952. The van der Waals surface area contributed by atoms with Gasteiger partial charge >= 0.3 is 0 Å². The molecule has 0 aliphatic rings. The van der Waals surface area contributed by atoms with Gasteiger partial charge in [0.1, 0.15) is 0 Å². The van der Waals surface area contributed by atoms with E-state index >= 15 is 0 Å². The number of nitrogens with zero attached hydrogens (tertiary/aromatic N) is 1. The second kappa shape index (κ2) is 6.20. The predicted octanol–water partition coefficient (Wildman–Crippen LogP) is 5.42. The summed E-state index contributed by atoms with van der Waals surface area (Å²) in [6.45, 7) is 2.82. The lowest BCUT2D eigenvalue weighted by Gasteiger charge is -2.04. The average molecular weight is 314 g/mol. The highest BCUT2D eigenvalue weighted by Gasteiger charge is 2.09. The summed E-state index contributed by atoms with van der Waals surface area (Å²) in [5.74, 6) is 0.783. The molecule has 1 N–H and O–H groups in total. The van der Waals surface area contributed by atoms with Crippen molar-refractivity contribution in [3.8, 4) is 11.1 Å². The van der Waals surface area contributed by atoms with Gasteiger partial charge in [-0.3, -0.25) is 0 Å². The van der Waals surface area contributed by atoms with Crippen molar-refractivity contribution in [3.63, 3.8) is 0 Å². The molecule has 1 heterocycles. The maximum atomic E-state index is 5.51. The van der Waals surface area contributed by atoms with Crippen LogP contribution < -0.4 is 5.32 Å². The van der Waals surface area contributed by atoms with E-state index in [0.717, 1.165) is 28.9 Å². The number of benzene rings is 3. The minimum atomic E-state index is 0.726. The van der Waals surface area contributed by atoms with Crippen LogP contribution in [0.15, 0.2) is 77.3 Å². The number of hydrogen-bond acceptors (Lipinski definition) is 3. The van der Waals surface area contributed by atoms with Crippen molar-refractivity contribution in [1.82, 2.24) is 5.16 Å². The zero-order valence-electron chi connectivity index (χ0n) is 13.5. The lowest BCUT2D eigenvalue weighted by atomic mass is 10.0. The number of rotatable bonds is 4. The Hall–Kier alpha value is -3.07. The molecule has 3 heteroatoms. The van der Waals surface area contributed by atoms with E-state index in [1.165, 1.54) is 16.7 Å². The van der Waals surface area contributed by atoms with Crippen molar-refractivity contribution >= 4 is 16.8 Å². The second-order valence-corrected chi connectivity index (χ2v) is 5.95. The lowest BCUT2D eigenvalue weighted by molar-refractivity contribution is 0.459. The molecule has 0 bridgehead atoms. The SMILES string of the molecule is Cc1cccc(CNc2noc3cc(-c4ccccc4)ccc23)c1. The maximum absolute atomic E-state index is 5.51. The normalized spacial score (nSPS) is 10.9. The number of nitrogens with one attached hydrogen (secondary N) is 1. The van der Waals surface area contributed by atoms with Gasteiger partial charge in [-0.15, -0.1) is 0 Å². The van der Waals surface area contributed by atoms with Crippen LogP contribution in [0.4, 0.5) is 5.82 Å². The molecule has 0 saturated heterocycles. The Balaban J connectivity index is 1.59. The number of aryl methyl sites for hydroxylation is 1. The molecule has 118 valence electrons. The van der Waals surface area contributed by atoms with Gasteiger partial charge in [0.05, 0.1) is 5.39 Å². The molecule has 4 rings (SSSR count). The molecule has 24 heavy (non-hydrogen) atoms. The van der Waals surface area contributed by atoms with Crippen molar-refractivity contribution in [2.24, 2.45) is 0 Å². The molecule has 4 aromatic rings. The van der Waals surface area contributed by atoms with Crippen LogP contribution in [0.25, 0.3) is 22.1 Å². The average Bonchev–Trinajstić information content (AvgIpc) is 3.03. The van der Waals surface area contributed by atoms with Gasteiger partial charge in [0.15, 0.2) is 11.4 Å². The molecule has 0 unspecified atom stereocenters. The second-order valence-electron chi connectivity index (χ2n) is 5.95. The van der Waals surface area contributed by atoms with Crippen molar-refractivity contribution in [2.75, 3.05) is 5.32 Å². The third kappa shape index (κ3) is 2.88. The predicted molar refractivity (Wildman–Crippen MR) is 98.0 cm³/mol. The Labute approximate surface area is 140 Å². The lowest BCUT2D eigenvalue weighted by Crippen LogP contribution is -1.99. The van der Waals surface area contributed by atoms with Gasteiger partial charge in [0.2, 0.25) is 0 Å². The highest BCUT2D eigenvalue weighted by Crippen LogP contribution is 2.28. The quantitative estimate of drug-likeness (QED) is 0.547. The largest absolute Gasteiger partial charge is 0.363 e. The first-order valence-electron chi connectivity index (χ1n) is 8.04. The summed E-state index contributed by atoms with van der Waals surface area (Å²) >= 11 is 0. The summed E-state index contributed by atoms with van der Waals surface area (Å²) in [4.78, 5) is 0. The zero-order chi connectivity index (χ0) is 16.4. The molecular formula is C21H18N2O. The molecule has 3 aromatic carbocycles. The Kier molecular flexibility index (Phi) is 3.75. The molecule has 0 aliphatic heterocycles. The smallest absolute Gasteiger partial charge is 0.177 e. The van der Waals surface area contributed by atoms with E-state index in [0.29, 0.717) is 0 Å². The molecule has 3 nitrogen and oxygen atoms in total. The molecule has 0 fully saturated rings. The van der Waals surface area contributed by atoms with E-state index < -0.39 is 0 Å². The molecule has 0 aliphatic carbocycles. The summed E-state index contributed by atoms with van der Waals surface area (Å²) < 4.78 is 5.51. The fourth-order valence-electron chi connectivity index (χ4n) is 2.88. The maximum Gasteiger partial charge on any atom is 0.177 e. The topological polar surface area (TPSA) is 38.1 Å². The molecule has 0 atom stereocenters. The Morgan fingerprint density at radius 2 is 1.75 bits per heavy atom. The van der Waals surface area contributed by atoms with Crippen molar-refractivity contribution < 1.29 is 4.52 Å². The first-order valence-corrected chi connectivity index (χ1v) is 8.04. The first-order chi connectivity index (χ1) is 11.8. The van der Waals surface area contributed by atoms with Crippen LogP contribution in [-0.4, -0.2) is 5.16 Å². The minimum Gasteiger partial charge on any atom is -0.363 e. The van der Waals surface area contributed by atoms with E-state index in [2.05, 4.69) is 65.9 Å². The van der Waals surface area contributed by atoms with Crippen LogP contribution in [0.5, 0.6) is 0 Å². The number of fused-ring (bicyclic) bond motifs is 1. The van der Waals surface area contributed by atoms with Crippen LogP contribution >= 0.6 is 0 Å². The molecule has 0 saturated carbocycles. The number of aromatic nitrogens is 1. The molecule has 0 amide bonds. The van der Waals surface area contributed by atoms with Gasteiger partial charge in [-0.2, -0.15) is 0 Å². The van der Waals surface area contributed by atoms with Crippen molar-refractivity contribution in [1.29, 1.82) is 0 Å². The molecular weight excluding hydrogens is 296 g/mol. The molecule has 1 aromatic heterocycles. The van der Waals surface area contributed by atoms with Crippen LogP contribution in [0.1, 0.15) is 11.1 Å². The monoisotopic (exact) mass is 314 g/mol. The van der Waals surface area contributed by atoms with Crippen LogP contribution in [0.3, 0.4) is 0 Å². The minimum absolute atomic E-state index is 0.726. The van der Waals surface area contributed by atoms with Crippen molar-refractivity contribution in [3.05, 3.63) is 83.9 Å². The Bertz CT molecular complexity index is 973. The molecule has 0 spiro atoms. The zero-order valence-corrected chi connectivity index (χ0v) is 13.5.